The summed E-state index contributed by atoms with van der Waals surface area (Å²) < 4.78 is 41.7. The molecule has 1 aliphatic rings. The van der Waals surface area contributed by atoms with Crippen LogP contribution < -0.4 is 0 Å². The molecule has 0 N–H and O–H groups in total. The second-order valence-electron chi connectivity index (χ2n) is 4.69. The van der Waals surface area contributed by atoms with E-state index in [4.69, 9.17) is 27.9 Å². The highest BCUT2D eigenvalue weighted by molar-refractivity contribution is 6.30. The molecule has 0 unspecified atom stereocenters. The first-order valence-electron chi connectivity index (χ1n) is 5.29. The van der Waals surface area contributed by atoms with Gasteiger partial charge in [-0.25, -0.2) is 0 Å². The van der Waals surface area contributed by atoms with Gasteiger partial charge in [0, 0.05) is 0 Å². The number of alkyl halides is 4. The molecule has 0 aromatic carbocycles. The smallest absolute Gasteiger partial charge is 0.426 e. The van der Waals surface area contributed by atoms with Crippen LogP contribution in [0.25, 0.3) is 0 Å². The van der Waals surface area contributed by atoms with Crippen molar-refractivity contribution in [2.45, 2.75) is 20.0 Å². The molecule has 0 aromatic rings. The molecule has 1 aliphatic carbocycles. The summed E-state index contributed by atoms with van der Waals surface area (Å²) in [6.07, 6.45) is -3.70. The van der Waals surface area contributed by atoms with Crippen molar-refractivity contribution >= 4 is 29.2 Å². The van der Waals surface area contributed by atoms with Gasteiger partial charge in [0.05, 0.1) is 11.8 Å². The van der Waals surface area contributed by atoms with Gasteiger partial charge in [-0.15, -0.1) is 11.6 Å². The molecule has 0 spiro atoms. The second kappa shape index (κ2) is 5.29. The fourth-order valence-corrected chi connectivity index (χ4v) is 2.13. The molecule has 104 valence electrons. The van der Waals surface area contributed by atoms with Crippen molar-refractivity contribution in [3.63, 3.8) is 0 Å². The van der Waals surface area contributed by atoms with Crippen LogP contribution in [0.5, 0.6) is 0 Å². The summed E-state index contributed by atoms with van der Waals surface area (Å²) in [5, 5.41) is -1.20. The SMILES string of the molecule is CC1(C)[C@H](C(=O)OCCCl)[C@@H]1C=C(Cl)C(F)(F)F. The Balaban J connectivity index is 2.73. The lowest BCUT2D eigenvalue weighted by molar-refractivity contribution is -0.145. The molecule has 0 amide bonds. The van der Waals surface area contributed by atoms with Gasteiger partial charge in [0.25, 0.3) is 0 Å². The minimum Gasteiger partial charge on any atom is -0.464 e. The van der Waals surface area contributed by atoms with Gasteiger partial charge in [0.1, 0.15) is 11.6 Å². The minimum atomic E-state index is -4.58. The van der Waals surface area contributed by atoms with Crippen LogP contribution in [0.4, 0.5) is 13.2 Å². The van der Waals surface area contributed by atoms with Crippen LogP contribution in [-0.4, -0.2) is 24.6 Å². The molecule has 0 heterocycles. The molecule has 0 saturated heterocycles. The molecular formula is C11H13Cl2F3O2. The van der Waals surface area contributed by atoms with E-state index in [0.717, 1.165) is 6.08 Å². The van der Waals surface area contributed by atoms with Gasteiger partial charge in [-0.1, -0.05) is 31.5 Å². The Kier molecular flexibility index (Phi) is 4.60. The zero-order valence-corrected chi connectivity index (χ0v) is 11.4. The van der Waals surface area contributed by atoms with Crippen LogP contribution in [0.2, 0.25) is 0 Å². The van der Waals surface area contributed by atoms with Crippen LogP contribution in [-0.2, 0) is 9.53 Å². The van der Waals surface area contributed by atoms with Gasteiger partial charge in [-0.05, 0) is 11.3 Å². The topological polar surface area (TPSA) is 26.3 Å². The number of carbonyl (C=O) groups is 1. The van der Waals surface area contributed by atoms with Crippen molar-refractivity contribution in [1.29, 1.82) is 0 Å². The third-order valence-electron chi connectivity index (χ3n) is 3.08. The van der Waals surface area contributed by atoms with Crippen molar-refractivity contribution in [2.24, 2.45) is 17.3 Å². The van der Waals surface area contributed by atoms with E-state index >= 15 is 0 Å². The maximum absolute atomic E-state index is 12.3. The number of hydrogen-bond donors (Lipinski definition) is 0. The Labute approximate surface area is 113 Å². The van der Waals surface area contributed by atoms with Crippen molar-refractivity contribution in [2.75, 3.05) is 12.5 Å². The highest BCUT2D eigenvalue weighted by atomic mass is 35.5. The van der Waals surface area contributed by atoms with E-state index in [1.165, 1.54) is 0 Å². The molecule has 0 bridgehead atoms. The summed E-state index contributed by atoms with van der Waals surface area (Å²) in [5.74, 6) is -1.54. The zero-order valence-electron chi connectivity index (χ0n) is 9.85. The van der Waals surface area contributed by atoms with Crippen LogP contribution in [0.3, 0.4) is 0 Å². The summed E-state index contributed by atoms with van der Waals surface area (Å²) in [7, 11) is 0. The number of esters is 1. The normalized spacial score (nSPS) is 26.9. The molecule has 0 radical (unpaired) electrons. The summed E-state index contributed by atoms with van der Waals surface area (Å²) in [4.78, 5) is 11.6. The number of allylic oxidation sites excluding steroid dienone is 2. The Morgan fingerprint density at radius 3 is 2.44 bits per heavy atom. The quantitative estimate of drug-likeness (QED) is 0.584. The first kappa shape index (κ1) is 15.6. The largest absolute Gasteiger partial charge is 0.464 e. The third-order valence-corrected chi connectivity index (χ3v) is 3.58. The highest BCUT2D eigenvalue weighted by Gasteiger charge is 2.62. The molecule has 0 aliphatic heterocycles. The van der Waals surface area contributed by atoms with Gasteiger partial charge >= 0.3 is 12.1 Å². The third kappa shape index (κ3) is 3.32. The Morgan fingerprint density at radius 2 is 2.00 bits per heavy atom. The van der Waals surface area contributed by atoms with Crippen LogP contribution >= 0.6 is 23.2 Å². The number of halogens is 5. The van der Waals surface area contributed by atoms with Gasteiger partial charge in [0.15, 0.2) is 0 Å². The van der Waals surface area contributed by atoms with Crippen molar-refractivity contribution < 1.29 is 22.7 Å². The lowest BCUT2D eigenvalue weighted by Crippen LogP contribution is -2.12. The average molecular weight is 305 g/mol. The number of rotatable bonds is 4. The molecule has 2 atom stereocenters. The predicted molar refractivity (Wildman–Crippen MR) is 62.4 cm³/mol. The summed E-state index contributed by atoms with van der Waals surface area (Å²) in [6.45, 7) is 3.44. The first-order valence-corrected chi connectivity index (χ1v) is 6.20. The van der Waals surface area contributed by atoms with Crippen molar-refractivity contribution in [3.8, 4) is 0 Å². The molecule has 7 heteroatoms. The van der Waals surface area contributed by atoms with E-state index in [9.17, 15) is 18.0 Å². The monoisotopic (exact) mass is 304 g/mol. The second-order valence-corrected chi connectivity index (χ2v) is 5.48. The Bertz CT molecular complexity index is 364. The lowest BCUT2D eigenvalue weighted by Gasteiger charge is -2.04. The van der Waals surface area contributed by atoms with E-state index in [-0.39, 0.29) is 12.5 Å². The molecule has 0 aromatic heterocycles. The minimum absolute atomic E-state index is 0.0520. The summed E-state index contributed by atoms with van der Waals surface area (Å²) in [6, 6.07) is 0. The predicted octanol–water partition coefficient (Wildman–Crippen LogP) is 3.73. The summed E-state index contributed by atoms with van der Waals surface area (Å²) >= 11 is 10.5. The van der Waals surface area contributed by atoms with E-state index in [2.05, 4.69) is 0 Å². The lowest BCUT2D eigenvalue weighted by atomic mass is 10.1. The van der Waals surface area contributed by atoms with Gasteiger partial charge < -0.3 is 4.74 Å². The van der Waals surface area contributed by atoms with E-state index in [1.807, 2.05) is 0 Å². The Morgan fingerprint density at radius 1 is 1.44 bits per heavy atom. The molecular weight excluding hydrogens is 292 g/mol. The van der Waals surface area contributed by atoms with Crippen LogP contribution in [0.15, 0.2) is 11.1 Å². The van der Waals surface area contributed by atoms with E-state index in [1.54, 1.807) is 13.8 Å². The van der Waals surface area contributed by atoms with E-state index < -0.39 is 34.4 Å². The zero-order chi connectivity index (χ0) is 14.1. The number of hydrogen-bond acceptors (Lipinski definition) is 2. The van der Waals surface area contributed by atoms with Crippen molar-refractivity contribution in [3.05, 3.63) is 11.1 Å². The van der Waals surface area contributed by atoms with E-state index in [0.29, 0.717) is 0 Å². The van der Waals surface area contributed by atoms with Crippen LogP contribution in [0.1, 0.15) is 13.8 Å². The molecule has 18 heavy (non-hydrogen) atoms. The summed E-state index contributed by atoms with van der Waals surface area (Å²) in [5.41, 5.74) is -0.575. The fourth-order valence-electron chi connectivity index (χ4n) is 1.92. The fraction of sp³-hybridized carbons (Fsp3) is 0.727. The standard InChI is InChI=1S/C11H13Cl2F3O2/c1-10(2)6(5-7(13)11(14,15)16)8(10)9(17)18-4-3-12/h5-6,8H,3-4H2,1-2H3/t6-,8-/m0/s1. The average Bonchev–Trinajstić information content (AvgIpc) is 2.75. The van der Waals surface area contributed by atoms with Crippen LogP contribution in [0, 0.1) is 17.3 Å². The molecule has 2 nitrogen and oxygen atoms in total. The Hall–Kier alpha value is -0.420. The first-order chi connectivity index (χ1) is 8.12. The molecule has 1 rings (SSSR count). The maximum atomic E-state index is 12.3. The van der Waals surface area contributed by atoms with Gasteiger partial charge in [-0.3, -0.25) is 4.79 Å². The molecule has 1 fully saturated rings. The molecule has 1 saturated carbocycles. The van der Waals surface area contributed by atoms with Gasteiger partial charge in [-0.2, -0.15) is 13.2 Å². The maximum Gasteiger partial charge on any atom is 0.426 e. The van der Waals surface area contributed by atoms with Gasteiger partial charge in [0.2, 0.25) is 0 Å². The highest BCUT2D eigenvalue weighted by Crippen LogP contribution is 2.60. The van der Waals surface area contributed by atoms with Crippen molar-refractivity contribution in [1.82, 2.24) is 0 Å². The number of ether oxygens (including phenoxy) is 1. The number of carbonyl (C=O) groups excluding carboxylic acids is 1.